The number of rotatable bonds is 6. The molecular formula is C23H30N4O. The van der Waals surface area contributed by atoms with Crippen LogP contribution in [-0.2, 0) is 17.9 Å². The number of carbonyl (C=O) groups excluding carboxylic acids is 1. The number of carbonyl (C=O) groups is 1. The molecule has 4 rings (SSSR count). The summed E-state index contributed by atoms with van der Waals surface area (Å²) in [4.78, 5) is 15.0. The van der Waals surface area contributed by atoms with Crippen LogP contribution in [0.5, 0.6) is 0 Å². The lowest BCUT2D eigenvalue weighted by atomic mass is 10.0. The van der Waals surface area contributed by atoms with E-state index in [1.807, 2.05) is 18.2 Å². The van der Waals surface area contributed by atoms with Crippen molar-refractivity contribution in [2.45, 2.75) is 50.9 Å². The van der Waals surface area contributed by atoms with Crippen LogP contribution >= 0.6 is 0 Å². The van der Waals surface area contributed by atoms with Gasteiger partial charge in [-0.2, -0.15) is 0 Å². The van der Waals surface area contributed by atoms with Gasteiger partial charge in [0.2, 0.25) is 5.91 Å². The second kappa shape index (κ2) is 9.32. The molecule has 2 aromatic rings. The van der Waals surface area contributed by atoms with E-state index in [2.05, 4.69) is 57.5 Å². The number of hydrogen-bond acceptors (Lipinski definition) is 4. The zero-order valence-corrected chi connectivity index (χ0v) is 16.4. The SMILES string of the molecule is O=C(NCc1ccc(CN2CCCCC2)cc1)C1CC(c2ccccc2)NN1. The smallest absolute Gasteiger partial charge is 0.238 e. The first-order valence-electron chi connectivity index (χ1n) is 10.4. The molecule has 0 saturated carbocycles. The van der Waals surface area contributed by atoms with Gasteiger partial charge in [-0.3, -0.25) is 9.69 Å². The Labute approximate surface area is 167 Å². The summed E-state index contributed by atoms with van der Waals surface area (Å²) in [6.07, 6.45) is 4.76. The molecule has 2 unspecified atom stereocenters. The summed E-state index contributed by atoms with van der Waals surface area (Å²) in [6, 6.07) is 18.9. The van der Waals surface area contributed by atoms with E-state index >= 15 is 0 Å². The Morgan fingerprint density at radius 2 is 1.64 bits per heavy atom. The maximum Gasteiger partial charge on any atom is 0.238 e. The summed E-state index contributed by atoms with van der Waals surface area (Å²) >= 11 is 0. The van der Waals surface area contributed by atoms with Gasteiger partial charge in [-0.05, 0) is 49.0 Å². The van der Waals surface area contributed by atoms with E-state index in [1.54, 1.807) is 0 Å². The summed E-state index contributed by atoms with van der Waals surface area (Å²) in [7, 11) is 0. The zero-order valence-electron chi connectivity index (χ0n) is 16.4. The number of benzene rings is 2. The predicted molar refractivity (Wildman–Crippen MR) is 111 cm³/mol. The molecule has 28 heavy (non-hydrogen) atoms. The molecule has 2 heterocycles. The van der Waals surface area contributed by atoms with E-state index in [1.165, 1.54) is 43.5 Å². The Balaban J connectivity index is 1.23. The summed E-state index contributed by atoms with van der Waals surface area (Å²) in [5, 5.41) is 3.06. The fraction of sp³-hybridized carbons (Fsp3) is 0.435. The predicted octanol–water partition coefficient (Wildman–Crippen LogP) is 2.90. The number of likely N-dealkylation sites (tertiary alicyclic amines) is 1. The normalized spacial score (nSPS) is 22.9. The molecule has 0 aromatic heterocycles. The first-order valence-corrected chi connectivity index (χ1v) is 10.4. The molecule has 0 bridgehead atoms. The third-order valence-electron chi connectivity index (χ3n) is 5.77. The molecule has 1 amide bonds. The maximum absolute atomic E-state index is 12.5. The number of nitrogens with zero attached hydrogens (tertiary/aromatic N) is 1. The Kier molecular flexibility index (Phi) is 6.37. The van der Waals surface area contributed by atoms with Gasteiger partial charge in [-0.1, -0.05) is 61.0 Å². The van der Waals surface area contributed by atoms with Crippen LogP contribution < -0.4 is 16.2 Å². The molecule has 2 atom stereocenters. The molecule has 2 aliphatic heterocycles. The highest BCUT2D eigenvalue weighted by Crippen LogP contribution is 2.22. The number of hydrogen-bond donors (Lipinski definition) is 3. The van der Waals surface area contributed by atoms with Gasteiger partial charge in [0, 0.05) is 19.1 Å². The maximum atomic E-state index is 12.5. The molecule has 2 saturated heterocycles. The summed E-state index contributed by atoms with van der Waals surface area (Å²) in [5.41, 5.74) is 10.1. The van der Waals surface area contributed by atoms with Gasteiger partial charge in [-0.25, -0.2) is 10.9 Å². The lowest BCUT2D eigenvalue weighted by Gasteiger charge is -2.26. The van der Waals surface area contributed by atoms with Crippen molar-refractivity contribution in [2.24, 2.45) is 0 Å². The van der Waals surface area contributed by atoms with Crippen molar-refractivity contribution >= 4 is 5.91 Å². The molecule has 5 heteroatoms. The molecule has 2 aliphatic rings. The topological polar surface area (TPSA) is 56.4 Å². The van der Waals surface area contributed by atoms with E-state index in [0.717, 1.165) is 18.5 Å². The van der Waals surface area contributed by atoms with Crippen molar-refractivity contribution in [1.29, 1.82) is 0 Å². The largest absolute Gasteiger partial charge is 0.351 e. The van der Waals surface area contributed by atoms with Gasteiger partial charge in [-0.15, -0.1) is 0 Å². The number of piperidine rings is 1. The van der Waals surface area contributed by atoms with Crippen LogP contribution in [0, 0.1) is 0 Å². The second-order valence-corrected chi connectivity index (χ2v) is 7.91. The highest BCUT2D eigenvalue weighted by atomic mass is 16.2. The van der Waals surface area contributed by atoms with Crippen LogP contribution in [0.2, 0.25) is 0 Å². The van der Waals surface area contributed by atoms with Crippen molar-refractivity contribution < 1.29 is 4.79 Å². The monoisotopic (exact) mass is 378 g/mol. The Morgan fingerprint density at radius 3 is 2.39 bits per heavy atom. The van der Waals surface area contributed by atoms with Crippen LogP contribution in [0.3, 0.4) is 0 Å². The number of amides is 1. The minimum absolute atomic E-state index is 0.0447. The quantitative estimate of drug-likeness (QED) is 0.723. The molecule has 148 valence electrons. The van der Waals surface area contributed by atoms with Gasteiger partial charge < -0.3 is 5.32 Å². The van der Waals surface area contributed by atoms with E-state index < -0.39 is 0 Å². The fourth-order valence-corrected chi connectivity index (χ4v) is 4.08. The molecule has 0 radical (unpaired) electrons. The minimum Gasteiger partial charge on any atom is -0.351 e. The average molecular weight is 379 g/mol. The summed E-state index contributed by atoms with van der Waals surface area (Å²) < 4.78 is 0. The molecular weight excluding hydrogens is 348 g/mol. The van der Waals surface area contributed by atoms with Crippen LogP contribution in [0.25, 0.3) is 0 Å². The lowest BCUT2D eigenvalue weighted by Crippen LogP contribution is -2.42. The van der Waals surface area contributed by atoms with E-state index in [-0.39, 0.29) is 18.0 Å². The first-order chi connectivity index (χ1) is 13.8. The van der Waals surface area contributed by atoms with Gasteiger partial charge in [0.25, 0.3) is 0 Å². The van der Waals surface area contributed by atoms with Crippen molar-refractivity contribution in [3.05, 3.63) is 71.3 Å². The Bertz CT molecular complexity index is 756. The number of hydrazine groups is 1. The van der Waals surface area contributed by atoms with Gasteiger partial charge in [0.1, 0.15) is 6.04 Å². The van der Waals surface area contributed by atoms with Gasteiger partial charge >= 0.3 is 0 Å². The van der Waals surface area contributed by atoms with Gasteiger partial charge in [0.15, 0.2) is 0 Å². The van der Waals surface area contributed by atoms with Crippen molar-refractivity contribution in [1.82, 2.24) is 21.1 Å². The number of nitrogens with one attached hydrogen (secondary N) is 3. The van der Waals surface area contributed by atoms with Crippen molar-refractivity contribution in [3.63, 3.8) is 0 Å². The first kappa shape index (κ1) is 19.1. The van der Waals surface area contributed by atoms with Crippen LogP contribution in [-0.4, -0.2) is 29.9 Å². The third-order valence-corrected chi connectivity index (χ3v) is 5.77. The van der Waals surface area contributed by atoms with Gasteiger partial charge in [0.05, 0.1) is 0 Å². The average Bonchev–Trinajstić information content (AvgIpc) is 3.25. The highest BCUT2D eigenvalue weighted by Gasteiger charge is 2.29. The molecule has 3 N–H and O–H groups in total. The Hall–Kier alpha value is -2.21. The van der Waals surface area contributed by atoms with Crippen LogP contribution in [0.4, 0.5) is 0 Å². The second-order valence-electron chi connectivity index (χ2n) is 7.91. The highest BCUT2D eigenvalue weighted by molar-refractivity contribution is 5.82. The molecule has 5 nitrogen and oxygen atoms in total. The zero-order chi connectivity index (χ0) is 19.2. The molecule has 2 aromatic carbocycles. The fourth-order valence-electron chi connectivity index (χ4n) is 4.08. The van der Waals surface area contributed by atoms with Crippen LogP contribution in [0.1, 0.15) is 48.4 Å². The summed E-state index contributed by atoms with van der Waals surface area (Å²) in [5.74, 6) is 0.0447. The van der Waals surface area contributed by atoms with Crippen molar-refractivity contribution in [2.75, 3.05) is 13.1 Å². The lowest BCUT2D eigenvalue weighted by molar-refractivity contribution is -0.123. The standard InChI is InChI=1S/C23H30N4O/c28-23(22-15-21(25-26-22)20-7-3-1-4-8-20)24-16-18-9-11-19(12-10-18)17-27-13-5-2-6-14-27/h1,3-4,7-12,21-22,25-26H,2,5-6,13-17H2,(H,24,28). The van der Waals surface area contributed by atoms with E-state index in [0.29, 0.717) is 6.54 Å². The van der Waals surface area contributed by atoms with E-state index in [9.17, 15) is 4.79 Å². The van der Waals surface area contributed by atoms with Crippen molar-refractivity contribution in [3.8, 4) is 0 Å². The van der Waals surface area contributed by atoms with E-state index in [4.69, 9.17) is 0 Å². The Morgan fingerprint density at radius 1 is 0.929 bits per heavy atom. The minimum atomic E-state index is -0.205. The summed E-state index contributed by atoms with van der Waals surface area (Å²) in [6.45, 7) is 4.02. The molecule has 0 spiro atoms. The van der Waals surface area contributed by atoms with Crippen LogP contribution in [0.15, 0.2) is 54.6 Å². The molecule has 2 fully saturated rings. The third kappa shape index (κ3) is 4.98. The molecule has 0 aliphatic carbocycles.